The van der Waals surface area contributed by atoms with Gasteiger partial charge in [-0.15, -0.1) is 0 Å². The van der Waals surface area contributed by atoms with Crippen molar-refractivity contribution >= 4 is 17.2 Å². The van der Waals surface area contributed by atoms with Gasteiger partial charge in [-0.25, -0.2) is 0 Å². The Balaban J connectivity index is 1.38. The van der Waals surface area contributed by atoms with E-state index in [4.69, 9.17) is 10.00 Å². The van der Waals surface area contributed by atoms with Crippen molar-refractivity contribution < 1.29 is 9.53 Å². The molecule has 1 aromatic heterocycles. The molecular weight excluding hydrogens is 322 g/mol. The van der Waals surface area contributed by atoms with Gasteiger partial charge in [-0.3, -0.25) is 4.79 Å². The molecular formula is C18H17N3O2S. The molecule has 2 N–H and O–H groups in total. The Morgan fingerprint density at radius 1 is 1.25 bits per heavy atom. The topological polar surface area (TPSA) is 74.1 Å². The zero-order valence-corrected chi connectivity index (χ0v) is 13.8. The highest BCUT2D eigenvalue weighted by Gasteiger charge is 2.39. The zero-order chi connectivity index (χ0) is 16.5. The number of benzene rings is 1. The molecule has 0 saturated carbocycles. The minimum atomic E-state index is -0.0333. The van der Waals surface area contributed by atoms with Gasteiger partial charge in [-0.05, 0) is 55.7 Å². The van der Waals surface area contributed by atoms with E-state index in [1.807, 2.05) is 0 Å². The average molecular weight is 339 g/mol. The van der Waals surface area contributed by atoms with Crippen LogP contribution < -0.4 is 15.4 Å². The van der Waals surface area contributed by atoms with Crippen molar-refractivity contribution in [2.75, 3.05) is 0 Å². The van der Waals surface area contributed by atoms with E-state index in [0.29, 0.717) is 33.3 Å². The molecule has 2 bridgehead atoms. The summed E-state index contributed by atoms with van der Waals surface area (Å²) in [6.07, 6.45) is 3.39. The normalized spacial score (nSPS) is 24.5. The van der Waals surface area contributed by atoms with E-state index in [2.05, 4.69) is 16.7 Å². The molecule has 122 valence electrons. The molecule has 0 unspecified atom stereocenters. The molecule has 4 rings (SSSR count). The zero-order valence-electron chi connectivity index (χ0n) is 13.0. The molecule has 2 fully saturated rings. The number of carbonyl (C=O) groups excluding carboxylic acids is 1. The van der Waals surface area contributed by atoms with Crippen molar-refractivity contribution in [3.63, 3.8) is 0 Å². The van der Waals surface area contributed by atoms with Crippen molar-refractivity contribution in [2.45, 2.75) is 37.4 Å². The van der Waals surface area contributed by atoms with Crippen LogP contribution in [-0.2, 0) is 0 Å². The summed E-state index contributed by atoms with van der Waals surface area (Å²) < 4.78 is 5.74. The number of ether oxygens (including phenoxy) is 1. The van der Waals surface area contributed by atoms with E-state index in [1.54, 1.807) is 36.4 Å². The molecule has 0 aliphatic carbocycles. The molecule has 2 saturated heterocycles. The van der Waals surface area contributed by atoms with Crippen LogP contribution in [0.4, 0.5) is 0 Å². The number of amides is 1. The van der Waals surface area contributed by atoms with Crippen LogP contribution >= 0.6 is 11.3 Å². The number of nitrogens with one attached hydrogen (secondary N) is 2. The fraction of sp³-hybridized carbons (Fsp3) is 0.333. The van der Waals surface area contributed by atoms with Gasteiger partial charge in [0, 0.05) is 18.1 Å². The van der Waals surface area contributed by atoms with E-state index in [9.17, 15) is 4.79 Å². The molecule has 3 atom stereocenters. The standard InChI is InChI=1S/C18H17N3O2S/c19-10-11-1-4-13(5-2-11)23-17-8-7-16(24-17)18(22)21-15-9-12-3-6-14(15)20-12/h1-2,4-5,7-8,12,14-15,20H,3,6,9H2,(H,21,22)/t12-,14+,15-/m1/s1. The molecule has 6 heteroatoms. The van der Waals surface area contributed by atoms with E-state index in [0.717, 1.165) is 12.8 Å². The summed E-state index contributed by atoms with van der Waals surface area (Å²) >= 11 is 1.33. The number of nitriles is 1. The van der Waals surface area contributed by atoms with Gasteiger partial charge in [-0.1, -0.05) is 11.3 Å². The van der Waals surface area contributed by atoms with Gasteiger partial charge in [-0.2, -0.15) is 5.26 Å². The third-order valence-electron chi connectivity index (χ3n) is 4.62. The van der Waals surface area contributed by atoms with Crippen molar-refractivity contribution in [2.24, 2.45) is 0 Å². The third kappa shape index (κ3) is 3.01. The van der Waals surface area contributed by atoms with Crippen molar-refractivity contribution in [1.29, 1.82) is 5.26 Å². The van der Waals surface area contributed by atoms with Crippen molar-refractivity contribution in [1.82, 2.24) is 10.6 Å². The first-order chi connectivity index (χ1) is 11.7. The molecule has 1 aromatic carbocycles. The fourth-order valence-electron chi connectivity index (χ4n) is 3.43. The fourth-order valence-corrected chi connectivity index (χ4v) is 4.21. The number of fused-ring (bicyclic) bond motifs is 2. The van der Waals surface area contributed by atoms with Gasteiger partial charge in [0.15, 0.2) is 5.06 Å². The van der Waals surface area contributed by atoms with Crippen LogP contribution in [-0.4, -0.2) is 24.0 Å². The molecule has 2 aromatic rings. The van der Waals surface area contributed by atoms with Crippen molar-refractivity contribution in [3.05, 3.63) is 46.8 Å². The SMILES string of the molecule is N#Cc1ccc(Oc2ccc(C(=O)N[C@@H]3C[C@H]4CC[C@@H]3N4)s2)cc1. The van der Waals surface area contributed by atoms with Crippen LogP contribution in [0, 0.1) is 11.3 Å². The lowest BCUT2D eigenvalue weighted by molar-refractivity contribution is 0.0935. The number of thiophene rings is 1. The largest absolute Gasteiger partial charge is 0.447 e. The van der Waals surface area contributed by atoms with Gasteiger partial charge in [0.05, 0.1) is 16.5 Å². The Labute approximate surface area is 144 Å². The maximum absolute atomic E-state index is 12.4. The predicted octanol–water partition coefficient (Wildman–Crippen LogP) is 3.03. The molecule has 5 nitrogen and oxygen atoms in total. The molecule has 0 radical (unpaired) electrons. The minimum absolute atomic E-state index is 0.0333. The number of hydrogen-bond acceptors (Lipinski definition) is 5. The monoisotopic (exact) mass is 339 g/mol. The van der Waals surface area contributed by atoms with Crippen LogP contribution in [0.25, 0.3) is 0 Å². The molecule has 2 aliphatic rings. The second kappa shape index (κ2) is 6.27. The Morgan fingerprint density at radius 2 is 2.08 bits per heavy atom. The number of carbonyl (C=O) groups is 1. The number of rotatable bonds is 4. The Hall–Kier alpha value is -2.36. The summed E-state index contributed by atoms with van der Waals surface area (Å²) in [5.41, 5.74) is 0.591. The summed E-state index contributed by atoms with van der Waals surface area (Å²) in [5.74, 6) is 0.620. The number of nitrogens with zero attached hydrogens (tertiary/aromatic N) is 1. The Morgan fingerprint density at radius 3 is 2.75 bits per heavy atom. The van der Waals surface area contributed by atoms with E-state index in [-0.39, 0.29) is 11.9 Å². The maximum atomic E-state index is 12.4. The molecule has 24 heavy (non-hydrogen) atoms. The highest BCUT2D eigenvalue weighted by atomic mass is 32.1. The smallest absolute Gasteiger partial charge is 0.261 e. The second-order valence-electron chi connectivity index (χ2n) is 6.22. The molecule has 1 amide bonds. The Kier molecular flexibility index (Phi) is 3.97. The summed E-state index contributed by atoms with van der Waals surface area (Å²) in [6.45, 7) is 0. The first-order valence-corrected chi connectivity index (χ1v) is 8.88. The van der Waals surface area contributed by atoms with Gasteiger partial charge in [0.1, 0.15) is 5.75 Å². The predicted molar refractivity (Wildman–Crippen MR) is 91.4 cm³/mol. The lowest BCUT2D eigenvalue weighted by atomic mass is 9.95. The van der Waals surface area contributed by atoms with Crippen LogP contribution in [0.15, 0.2) is 36.4 Å². The van der Waals surface area contributed by atoms with E-state index in [1.165, 1.54) is 17.8 Å². The molecule has 2 aliphatic heterocycles. The summed E-state index contributed by atoms with van der Waals surface area (Å²) in [6, 6.07) is 13.8. The minimum Gasteiger partial charge on any atom is -0.447 e. The van der Waals surface area contributed by atoms with Gasteiger partial charge in [0.2, 0.25) is 0 Å². The second-order valence-corrected chi connectivity index (χ2v) is 7.27. The van der Waals surface area contributed by atoms with Gasteiger partial charge >= 0.3 is 0 Å². The van der Waals surface area contributed by atoms with E-state index >= 15 is 0 Å². The van der Waals surface area contributed by atoms with Crippen LogP contribution in [0.2, 0.25) is 0 Å². The highest BCUT2D eigenvalue weighted by molar-refractivity contribution is 7.15. The summed E-state index contributed by atoms with van der Waals surface area (Å²) in [5, 5.41) is 16.1. The summed E-state index contributed by atoms with van der Waals surface area (Å²) in [7, 11) is 0. The van der Waals surface area contributed by atoms with E-state index < -0.39 is 0 Å². The van der Waals surface area contributed by atoms with Gasteiger partial charge in [0.25, 0.3) is 5.91 Å². The lowest BCUT2D eigenvalue weighted by Gasteiger charge is -2.20. The first kappa shape index (κ1) is 15.2. The summed E-state index contributed by atoms with van der Waals surface area (Å²) in [4.78, 5) is 13.1. The quantitative estimate of drug-likeness (QED) is 0.898. The molecule has 3 heterocycles. The third-order valence-corrected chi connectivity index (χ3v) is 5.59. The van der Waals surface area contributed by atoms with Crippen molar-refractivity contribution in [3.8, 4) is 16.9 Å². The van der Waals surface area contributed by atoms with Gasteiger partial charge < -0.3 is 15.4 Å². The van der Waals surface area contributed by atoms with Crippen LogP contribution in [0.5, 0.6) is 10.8 Å². The highest BCUT2D eigenvalue weighted by Crippen LogP contribution is 2.31. The van der Waals surface area contributed by atoms with Crippen LogP contribution in [0.3, 0.4) is 0 Å². The average Bonchev–Trinajstić information content (AvgIpc) is 3.32. The lowest BCUT2D eigenvalue weighted by Crippen LogP contribution is -2.42. The Bertz CT molecular complexity index is 793. The number of hydrogen-bond donors (Lipinski definition) is 2. The maximum Gasteiger partial charge on any atom is 0.261 e. The van der Waals surface area contributed by atoms with Crippen LogP contribution in [0.1, 0.15) is 34.5 Å². The first-order valence-electron chi connectivity index (χ1n) is 8.06. The molecule has 0 spiro atoms.